The SMILES string of the molecule is COc1cc(Cc2cnc(N)nc2N)cc(C=CC(=O)N2N=Cc3ccccc3C2CCCCOS(=O)(=O)O)c1OC. The molecular weight excluding hydrogens is 564 g/mol. The number of nitrogens with zero attached hydrogens (tertiary/aromatic N) is 4. The first-order chi connectivity index (χ1) is 20.1. The van der Waals surface area contributed by atoms with Crippen molar-refractivity contribution in [1.82, 2.24) is 15.0 Å². The van der Waals surface area contributed by atoms with Crippen molar-refractivity contribution < 1.29 is 31.4 Å². The number of fused-ring (bicyclic) bond motifs is 1. The second-order valence-electron chi connectivity index (χ2n) is 9.39. The number of unbranched alkanes of at least 4 members (excludes halogenated alkanes) is 1. The molecule has 0 saturated carbocycles. The van der Waals surface area contributed by atoms with Gasteiger partial charge in [-0.1, -0.05) is 24.3 Å². The van der Waals surface area contributed by atoms with E-state index < -0.39 is 16.4 Å². The lowest BCUT2D eigenvalue weighted by atomic mass is 9.95. The zero-order chi connectivity index (χ0) is 30.3. The molecule has 5 N–H and O–H groups in total. The van der Waals surface area contributed by atoms with Gasteiger partial charge >= 0.3 is 10.4 Å². The van der Waals surface area contributed by atoms with Crippen molar-refractivity contribution in [3.05, 3.63) is 76.5 Å². The molecule has 2 heterocycles. The van der Waals surface area contributed by atoms with Crippen molar-refractivity contribution in [1.29, 1.82) is 0 Å². The maximum Gasteiger partial charge on any atom is 0.397 e. The van der Waals surface area contributed by atoms with Gasteiger partial charge in [-0.05, 0) is 54.2 Å². The molecule has 1 aromatic heterocycles. The summed E-state index contributed by atoms with van der Waals surface area (Å²) < 4.78 is 46.0. The van der Waals surface area contributed by atoms with Crippen LogP contribution >= 0.6 is 0 Å². The van der Waals surface area contributed by atoms with E-state index in [0.29, 0.717) is 48.3 Å². The summed E-state index contributed by atoms with van der Waals surface area (Å²) in [5.41, 5.74) is 15.5. The minimum atomic E-state index is -4.51. The number of anilines is 2. The van der Waals surface area contributed by atoms with E-state index >= 15 is 0 Å². The summed E-state index contributed by atoms with van der Waals surface area (Å²) in [5, 5.41) is 5.81. The summed E-state index contributed by atoms with van der Waals surface area (Å²) in [6, 6.07) is 10.9. The number of amides is 1. The van der Waals surface area contributed by atoms with Crippen molar-refractivity contribution >= 4 is 40.4 Å². The van der Waals surface area contributed by atoms with Crippen LogP contribution in [0.2, 0.25) is 0 Å². The fourth-order valence-corrected chi connectivity index (χ4v) is 5.00. The molecule has 0 fully saturated rings. The van der Waals surface area contributed by atoms with Crippen LogP contribution in [-0.2, 0) is 25.8 Å². The minimum absolute atomic E-state index is 0.0819. The van der Waals surface area contributed by atoms with Gasteiger partial charge < -0.3 is 20.9 Å². The summed E-state index contributed by atoms with van der Waals surface area (Å²) in [7, 11) is -1.48. The number of nitrogens with two attached hydrogens (primary N) is 2. The molecule has 1 aliphatic rings. The number of ether oxygens (including phenoxy) is 2. The lowest BCUT2D eigenvalue weighted by molar-refractivity contribution is -0.128. The van der Waals surface area contributed by atoms with Crippen LogP contribution in [-0.4, -0.2) is 60.9 Å². The number of hydrogen-bond donors (Lipinski definition) is 3. The smallest absolute Gasteiger partial charge is 0.397 e. The van der Waals surface area contributed by atoms with Crippen LogP contribution in [0.25, 0.3) is 6.08 Å². The Hall–Kier alpha value is -4.53. The Morgan fingerprint density at radius 2 is 1.93 bits per heavy atom. The molecule has 42 heavy (non-hydrogen) atoms. The third kappa shape index (κ3) is 7.60. The monoisotopic (exact) mass is 596 g/mol. The molecule has 13 nitrogen and oxygen atoms in total. The lowest BCUT2D eigenvalue weighted by Gasteiger charge is -2.31. The van der Waals surface area contributed by atoms with Crippen molar-refractivity contribution in [2.75, 3.05) is 32.3 Å². The van der Waals surface area contributed by atoms with E-state index in [0.717, 1.165) is 16.7 Å². The first kappa shape index (κ1) is 30.4. The van der Waals surface area contributed by atoms with Gasteiger partial charge in [-0.25, -0.2) is 14.2 Å². The third-order valence-electron chi connectivity index (χ3n) is 6.59. The highest BCUT2D eigenvalue weighted by Crippen LogP contribution is 2.36. The van der Waals surface area contributed by atoms with E-state index in [-0.39, 0.29) is 24.3 Å². The van der Waals surface area contributed by atoms with Crippen LogP contribution in [0.15, 0.2) is 53.8 Å². The first-order valence-corrected chi connectivity index (χ1v) is 14.3. The molecule has 222 valence electrons. The molecule has 1 unspecified atom stereocenters. The number of nitrogen functional groups attached to an aromatic ring is 2. The van der Waals surface area contributed by atoms with E-state index in [2.05, 4.69) is 19.3 Å². The molecule has 4 rings (SSSR count). The standard InChI is InChI=1S/C28H32N6O7S/c1-39-24-15-18(14-21-16-31-28(30)33-27(21)29)13-19(26(24)40-2)10-11-25(35)34-23(9-5-6-12-41-42(36,37)38)22-8-4-3-7-20(22)17-32-34/h3-4,7-8,10-11,13,15-17,23H,5-6,9,12,14H2,1-2H3,(H,36,37,38)(H4,29,30,31,33). The molecule has 1 aliphatic heterocycles. The zero-order valence-corrected chi connectivity index (χ0v) is 24.0. The van der Waals surface area contributed by atoms with Crippen molar-refractivity contribution in [3.63, 3.8) is 0 Å². The van der Waals surface area contributed by atoms with Crippen LogP contribution in [0.1, 0.15) is 53.1 Å². The maximum atomic E-state index is 13.5. The minimum Gasteiger partial charge on any atom is -0.493 e. The number of carbonyl (C=O) groups is 1. The second kappa shape index (κ2) is 13.4. The highest BCUT2D eigenvalue weighted by atomic mass is 32.3. The Morgan fingerprint density at radius 3 is 2.64 bits per heavy atom. The van der Waals surface area contributed by atoms with Gasteiger partial charge in [0.05, 0.1) is 33.1 Å². The Bertz CT molecular complexity index is 1610. The summed E-state index contributed by atoms with van der Waals surface area (Å²) in [5.74, 6) is 0.881. The maximum absolute atomic E-state index is 13.5. The highest BCUT2D eigenvalue weighted by molar-refractivity contribution is 7.80. The molecule has 0 spiro atoms. The zero-order valence-electron chi connectivity index (χ0n) is 23.1. The fourth-order valence-electron chi connectivity index (χ4n) is 4.67. The molecule has 0 bridgehead atoms. The van der Waals surface area contributed by atoms with Crippen molar-refractivity contribution in [3.8, 4) is 11.5 Å². The molecule has 14 heteroatoms. The number of methoxy groups -OCH3 is 2. The van der Waals surface area contributed by atoms with E-state index in [4.69, 9.17) is 25.5 Å². The van der Waals surface area contributed by atoms with Gasteiger partial charge in [0.1, 0.15) is 5.82 Å². The Morgan fingerprint density at radius 1 is 1.14 bits per heavy atom. The average Bonchev–Trinajstić information content (AvgIpc) is 2.96. The average molecular weight is 597 g/mol. The van der Waals surface area contributed by atoms with Gasteiger partial charge in [-0.2, -0.15) is 18.5 Å². The molecule has 1 atom stereocenters. The second-order valence-corrected chi connectivity index (χ2v) is 10.5. The third-order valence-corrected chi connectivity index (χ3v) is 7.05. The summed E-state index contributed by atoms with van der Waals surface area (Å²) in [4.78, 5) is 21.5. The number of hydrazone groups is 1. The quantitative estimate of drug-likeness (QED) is 0.158. The van der Waals surface area contributed by atoms with Crippen LogP contribution in [0.5, 0.6) is 11.5 Å². The lowest BCUT2D eigenvalue weighted by Crippen LogP contribution is -2.32. The molecular formula is C28H32N6O7S. The normalized spacial score (nSPS) is 14.6. The highest BCUT2D eigenvalue weighted by Gasteiger charge is 2.28. The number of benzene rings is 2. The van der Waals surface area contributed by atoms with Crippen LogP contribution in [0.4, 0.5) is 11.8 Å². The largest absolute Gasteiger partial charge is 0.493 e. The Kier molecular flexibility index (Phi) is 9.72. The molecule has 0 aliphatic carbocycles. The Balaban J connectivity index is 1.57. The molecule has 2 aromatic carbocycles. The van der Waals surface area contributed by atoms with Crippen LogP contribution in [0.3, 0.4) is 0 Å². The number of hydrogen-bond acceptors (Lipinski definition) is 11. The molecule has 0 radical (unpaired) electrons. The van der Waals surface area contributed by atoms with Gasteiger partial charge in [0.25, 0.3) is 5.91 Å². The summed E-state index contributed by atoms with van der Waals surface area (Å²) in [6.07, 6.45) is 7.97. The summed E-state index contributed by atoms with van der Waals surface area (Å²) in [6.45, 7) is -0.170. The molecule has 0 saturated heterocycles. The first-order valence-electron chi connectivity index (χ1n) is 13.0. The van der Waals surface area contributed by atoms with Gasteiger partial charge in [-0.15, -0.1) is 0 Å². The molecule has 1 amide bonds. The summed E-state index contributed by atoms with van der Waals surface area (Å²) >= 11 is 0. The fraction of sp³-hybridized carbons (Fsp3) is 0.286. The van der Waals surface area contributed by atoms with Crippen LogP contribution < -0.4 is 20.9 Å². The van der Waals surface area contributed by atoms with Crippen molar-refractivity contribution in [2.45, 2.75) is 31.7 Å². The van der Waals surface area contributed by atoms with Crippen molar-refractivity contribution in [2.24, 2.45) is 5.10 Å². The van der Waals surface area contributed by atoms with Gasteiger partial charge in [0, 0.05) is 29.8 Å². The topological polar surface area (TPSA) is 193 Å². The van der Waals surface area contributed by atoms with Crippen LogP contribution in [0, 0.1) is 0 Å². The Labute approximate surface area is 243 Å². The number of carbonyl (C=O) groups excluding carboxylic acids is 1. The van der Waals surface area contributed by atoms with E-state index in [1.165, 1.54) is 25.3 Å². The van der Waals surface area contributed by atoms with Gasteiger partial charge in [0.2, 0.25) is 5.95 Å². The predicted octanol–water partition coefficient (Wildman–Crippen LogP) is 3.17. The predicted molar refractivity (Wildman–Crippen MR) is 157 cm³/mol. The van der Waals surface area contributed by atoms with E-state index in [1.54, 1.807) is 24.6 Å². The van der Waals surface area contributed by atoms with E-state index in [9.17, 15) is 13.2 Å². The van der Waals surface area contributed by atoms with Gasteiger partial charge in [0.15, 0.2) is 11.5 Å². The number of rotatable bonds is 12. The number of aromatic nitrogens is 2. The molecule has 3 aromatic rings. The van der Waals surface area contributed by atoms with E-state index in [1.807, 2.05) is 30.3 Å². The van der Waals surface area contributed by atoms with Gasteiger partial charge in [-0.3, -0.25) is 9.35 Å².